The third kappa shape index (κ3) is 3.07. The molecule has 0 aliphatic carbocycles. The number of nitrogens with one attached hydrogen (secondary N) is 2. The van der Waals surface area contributed by atoms with Gasteiger partial charge in [-0.1, -0.05) is 18.2 Å². The molecule has 2 rings (SSSR count). The van der Waals surface area contributed by atoms with Gasteiger partial charge in [-0.05, 0) is 13.0 Å². The van der Waals surface area contributed by atoms with Crippen molar-refractivity contribution in [3.63, 3.8) is 0 Å². The van der Waals surface area contributed by atoms with Gasteiger partial charge in [-0.15, -0.1) is 0 Å². The minimum atomic E-state index is 0.138. The number of H-pyrrole nitrogens is 1. The van der Waals surface area contributed by atoms with Crippen molar-refractivity contribution in [3.05, 3.63) is 48.0 Å². The van der Waals surface area contributed by atoms with E-state index in [2.05, 4.69) is 15.3 Å². The van der Waals surface area contributed by atoms with Crippen LogP contribution in [0.3, 0.4) is 0 Å². The number of phenolic OH excluding ortho intramolecular Hbond substituents is 1. The van der Waals surface area contributed by atoms with Crippen LogP contribution < -0.4 is 5.32 Å². The summed E-state index contributed by atoms with van der Waals surface area (Å²) < 4.78 is 0. The zero-order valence-electron chi connectivity index (χ0n) is 9.85. The molecular weight excluding hydrogens is 214 g/mol. The van der Waals surface area contributed by atoms with Crippen molar-refractivity contribution >= 4 is 0 Å². The second-order valence-electron chi connectivity index (χ2n) is 4.06. The van der Waals surface area contributed by atoms with Gasteiger partial charge < -0.3 is 15.4 Å². The summed E-state index contributed by atoms with van der Waals surface area (Å²) in [4.78, 5) is 7.03. The van der Waals surface area contributed by atoms with Crippen molar-refractivity contribution in [2.75, 3.05) is 6.54 Å². The van der Waals surface area contributed by atoms with Gasteiger partial charge in [0.1, 0.15) is 5.75 Å². The van der Waals surface area contributed by atoms with Crippen LogP contribution in [0.2, 0.25) is 0 Å². The minimum absolute atomic E-state index is 0.138. The fourth-order valence-corrected chi connectivity index (χ4v) is 1.81. The largest absolute Gasteiger partial charge is 0.508 e. The average Bonchev–Trinajstić information content (AvgIpc) is 2.82. The van der Waals surface area contributed by atoms with Gasteiger partial charge in [0.15, 0.2) is 0 Å². The number of benzene rings is 1. The van der Waals surface area contributed by atoms with Gasteiger partial charge in [0.2, 0.25) is 0 Å². The zero-order chi connectivity index (χ0) is 12.1. The smallest absolute Gasteiger partial charge is 0.120 e. The van der Waals surface area contributed by atoms with Crippen molar-refractivity contribution < 1.29 is 5.11 Å². The monoisotopic (exact) mass is 231 g/mol. The highest BCUT2D eigenvalue weighted by atomic mass is 16.3. The number of aromatic nitrogens is 2. The number of para-hydroxylation sites is 1. The quantitative estimate of drug-likeness (QED) is 0.737. The highest BCUT2D eigenvalue weighted by molar-refractivity contribution is 5.34. The van der Waals surface area contributed by atoms with Gasteiger partial charge in [-0.25, -0.2) is 4.98 Å². The summed E-state index contributed by atoms with van der Waals surface area (Å²) in [7, 11) is 0. The lowest BCUT2D eigenvalue weighted by Crippen LogP contribution is -2.21. The molecule has 2 aromatic rings. The molecule has 1 aromatic heterocycles. The van der Waals surface area contributed by atoms with Gasteiger partial charge in [0.25, 0.3) is 0 Å². The second kappa shape index (κ2) is 5.50. The zero-order valence-corrected chi connectivity index (χ0v) is 9.85. The Hall–Kier alpha value is -1.81. The molecule has 4 heteroatoms. The van der Waals surface area contributed by atoms with Gasteiger partial charge in [-0.2, -0.15) is 0 Å². The van der Waals surface area contributed by atoms with Crippen LogP contribution in [0.25, 0.3) is 0 Å². The average molecular weight is 231 g/mol. The number of rotatable bonds is 5. The van der Waals surface area contributed by atoms with Crippen LogP contribution in [0.5, 0.6) is 5.75 Å². The van der Waals surface area contributed by atoms with E-state index in [1.807, 2.05) is 31.3 Å². The van der Waals surface area contributed by atoms with E-state index in [1.165, 1.54) is 0 Å². The fourth-order valence-electron chi connectivity index (χ4n) is 1.81. The Kier molecular flexibility index (Phi) is 3.77. The molecule has 1 aromatic carbocycles. The molecule has 1 unspecified atom stereocenters. The first kappa shape index (κ1) is 11.7. The number of phenols is 1. The Morgan fingerprint density at radius 3 is 2.94 bits per heavy atom. The molecule has 0 spiro atoms. The Morgan fingerprint density at radius 2 is 2.24 bits per heavy atom. The highest BCUT2D eigenvalue weighted by Gasteiger charge is 2.08. The lowest BCUT2D eigenvalue weighted by molar-refractivity contribution is 0.453. The van der Waals surface area contributed by atoms with E-state index < -0.39 is 0 Å². The summed E-state index contributed by atoms with van der Waals surface area (Å²) in [6.07, 6.45) is 4.41. The van der Waals surface area contributed by atoms with E-state index in [1.54, 1.807) is 12.4 Å². The van der Waals surface area contributed by atoms with E-state index in [4.69, 9.17) is 0 Å². The predicted molar refractivity (Wildman–Crippen MR) is 66.8 cm³/mol. The number of hydrogen-bond donors (Lipinski definition) is 3. The molecule has 0 fully saturated rings. The van der Waals surface area contributed by atoms with E-state index in [-0.39, 0.29) is 6.04 Å². The lowest BCUT2D eigenvalue weighted by atomic mass is 10.1. The first-order valence-corrected chi connectivity index (χ1v) is 5.76. The number of nitrogens with zero attached hydrogens (tertiary/aromatic N) is 1. The molecule has 0 aliphatic rings. The van der Waals surface area contributed by atoms with Crippen molar-refractivity contribution in [1.29, 1.82) is 0 Å². The Balaban J connectivity index is 1.85. The summed E-state index contributed by atoms with van der Waals surface area (Å²) in [5.41, 5.74) is 2.04. The molecular formula is C13H17N3O. The van der Waals surface area contributed by atoms with Crippen LogP contribution in [0.15, 0.2) is 36.8 Å². The minimum Gasteiger partial charge on any atom is -0.508 e. The van der Waals surface area contributed by atoms with E-state index >= 15 is 0 Å². The predicted octanol–water partition coefficient (Wildman–Crippen LogP) is 2.01. The molecule has 1 atom stereocenters. The summed E-state index contributed by atoms with van der Waals surface area (Å²) in [5, 5.41) is 13.1. The molecule has 4 nitrogen and oxygen atoms in total. The van der Waals surface area contributed by atoms with E-state index in [0.29, 0.717) is 5.75 Å². The summed E-state index contributed by atoms with van der Waals surface area (Å²) in [6, 6.07) is 7.54. The van der Waals surface area contributed by atoms with Crippen molar-refractivity contribution in [1.82, 2.24) is 15.3 Å². The topological polar surface area (TPSA) is 60.9 Å². The maximum Gasteiger partial charge on any atom is 0.120 e. The molecule has 90 valence electrons. The maximum atomic E-state index is 9.71. The van der Waals surface area contributed by atoms with E-state index in [0.717, 1.165) is 24.2 Å². The first-order chi connectivity index (χ1) is 8.27. The van der Waals surface area contributed by atoms with Gasteiger partial charge >= 0.3 is 0 Å². The van der Waals surface area contributed by atoms with Crippen LogP contribution in [0, 0.1) is 0 Å². The second-order valence-corrected chi connectivity index (χ2v) is 4.06. The molecule has 17 heavy (non-hydrogen) atoms. The summed E-state index contributed by atoms with van der Waals surface area (Å²) >= 11 is 0. The van der Waals surface area contributed by atoms with Crippen LogP contribution >= 0.6 is 0 Å². The lowest BCUT2D eigenvalue weighted by Gasteiger charge is -2.15. The van der Waals surface area contributed by atoms with Crippen LogP contribution in [-0.2, 0) is 6.42 Å². The Bertz CT molecular complexity index is 453. The fraction of sp³-hybridized carbons (Fsp3) is 0.308. The third-order valence-electron chi connectivity index (χ3n) is 2.80. The number of aromatic amines is 1. The molecule has 0 aliphatic heterocycles. The third-order valence-corrected chi connectivity index (χ3v) is 2.80. The molecule has 0 amide bonds. The highest BCUT2D eigenvalue weighted by Crippen LogP contribution is 2.22. The van der Waals surface area contributed by atoms with E-state index in [9.17, 15) is 5.11 Å². The Labute approximate surface area is 101 Å². The van der Waals surface area contributed by atoms with Gasteiger partial charge in [0.05, 0.1) is 6.33 Å². The Morgan fingerprint density at radius 1 is 1.41 bits per heavy atom. The van der Waals surface area contributed by atoms with Crippen LogP contribution in [0.4, 0.5) is 0 Å². The number of imidazole rings is 1. The van der Waals surface area contributed by atoms with Gasteiger partial charge in [-0.3, -0.25) is 0 Å². The van der Waals surface area contributed by atoms with Crippen molar-refractivity contribution in [2.45, 2.75) is 19.4 Å². The summed E-state index contributed by atoms with van der Waals surface area (Å²) in [6.45, 7) is 2.89. The SMILES string of the molecule is CC(NCCc1cnc[nH]1)c1ccccc1O. The molecule has 0 bridgehead atoms. The maximum absolute atomic E-state index is 9.71. The standard InChI is InChI=1S/C13H17N3O/c1-10(12-4-2-3-5-13(12)17)15-7-6-11-8-14-9-16-11/h2-5,8-10,15,17H,6-7H2,1H3,(H,14,16). The molecule has 0 saturated heterocycles. The summed E-state index contributed by atoms with van der Waals surface area (Å²) in [5.74, 6) is 0.342. The van der Waals surface area contributed by atoms with Gasteiger partial charge in [0, 0.05) is 36.5 Å². The number of hydrogen-bond acceptors (Lipinski definition) is 3. The number of aromatic hydroxyl groups is 1. The van der Waals surface area contributed by atoms with Crippen LogP contribution in [-0.4, -0.2) is 21.6 Å². The molecule has 0 saturated carbocycles. The molecule has 1 heterocycles. The van der Waals surface area contributed by atoms with Crippen molar-refractivity contribution in [3.8, 4) is 5.75 Å². The molecule has 0 radical (unpaired) electrons. The molecule has 3 N–H and O–H groups in total. The normalized spacial score (nSPS) is 12.5. The van der Waals surface area contributed by atoms with Crippen molar-refractivity contribution in [2.24, 2.45) is 0 Å². The first-order valence-electron chi connectivity index (χ1n) is 5.76. The van der Waals surface area contributed by atoms with Crippen LogP contribution in [0.1, 0.15) is 24.2 Å².